The molecule has 0 aromatic carbocycles. The molecule has 1 saturated carbocycles. The van der Waals surface area contributed by atoms with E-state index in [1.807, 2.05) is 13.2 Å². The summed E-state index contributed by atoms with van der Waals surface area (Å²) in [5.41, 5.74) is 0. The fourth-order valence-electron chi connectivity index (χ4n) is 3.39. The smallest absolute Gasteiger partial charge is 0.234 e. The molecule has 5 atom stereocenters. The van der Waals surface area contributed by atoms with E-state index in [2.05, 4.69) is 12.2 Å². The minimum absolute atomic E-state index is 0.0231. The van der Waals surface area contributed by atoms with E-state index in [1.165, 1.54) is 4.90 Å². The number of fused-ring (bicyclic) bond motifs is 5. The van der Waals surface area contributed by atoms with E-state index >= 15 is 0 Å². The molecule has 2 aliphatic carbocycles. The molecule has 0 aromatic heterocycles. The minimum Gasteiger partial charge on any atom is -0.274 e. The summed E-state index contributed by atoms with van der Waals surface area (Å²) in [6, 6.07) is 0. The molecular weight excluding hydrogens is 222 g/mol. The van der Waals surface area contributed by atoms with Crippen LogP contribution in [0.15, 0.2) is 12.2 Å². The maximum absolute atomic E-state index is 12.2. The van der Waals surface area contributed by atoms with Crippen molar-refractivity contribution in [2.24, 2.45) is 23.7 Å². The summed E-state index contributed by atoms with van der Waals surface area (Å²) in [5, 5.41) is -0.0231. The predicted octanol–water partition coefficient (Wildman–Crippen LogP) is 1.50. The van der Waals surface area contributed by atoms with Crippen molar-refractivity contribution in [2.45, 2.75) is 18.7 Å². The number of nitrogens with zero attached hydrogens (tertiary/aromatic N) is 1. The van der Waals surface area contributed by atoms with Crippen molar-refractivity contribution in [1.82, 2.24) is 4.90 Å². The van der Waals surface area contributed by atoms with E-state index < -0.39 is 0 Å². The van der Waals surface area contributed by atoms with E-state index in [9.17, 15) is 9.59 Å². The van der Waals surface area contributed by atoms with Crippen LogP contribution in [0.4, 0.5) is 0 Å². The molecule has 1 aliphatic heterocycles. The number of likely N-dealkylation sites (tertiary alicyclic amines) is 1. The zero-order chi connectivity index (χ0) is 11.4. The molecule has 1 unspecified atom stereocenters. The summed E-state index contributed by atoms with van der Waals surface area (Å²) in [7, 11) is 0. The monoisotopic (exact) mass is 237 g/mol. The van der Waals surface area contributed by atoms with Gasteiger partial charge in [0.2, 0.25) is 11.8 Å². The number of hydrogen-bond acceptors (Lipinski definition) is 3. The summed E-state index contributed by atoms with van der Waals surface area (Å²) in [4.78, 5) is 26.0. The molecule has 86 valence electrons. The Balaban J connectivity index is 1.94. The van der Waals surface area contributed by atoms with E-state index in [-0.39, 0.29) is 29.0 Å². The van der Waals surface area contributed by atoms with E-state index in [4.69, 9.17) is 0 Å². The van der Waals surface area contributed by atoms with Crippen LogP contribution in [0.2, 0.25) is 0 Å². The van der Waals surface area contributed by atoms with Crippen molar-refractivity contribution in [3.05, 3.63) is 12.2 Å². The second-order valence-corrected chi connectivity index (χ2v) is 6.03. The first-order valence-corrected chi connectivity index (χ1v) is 7.02. The SMILES string of the molecule is CSC(C)N1C(=O)[C@@H]2[C@H](C1=O)[C@H]1C=C[C@@H]2C1. The van der Waals surface area contributed by atoms with Gasteiger partial charge in [0.15, 0.2) is 0 Å². The molecule has 2 fully saturated rings. The first-order valence-electron chi connectivity index (χ1n) is 5.73. The minimum atomic E-state index is -0.0444. The molecule has 16 heavy (non-hydrogen) atoms. The Labute approximate surface area is 99.3 Å². The normalized spacial score (nSPS) is 42.0. The highest BCUT2D eigenvalue weighted by Crippen LogP contribution is 2.53. The lowest BCUT2D eigenvalue weighted by Crippen LogP contribution is -2.38. The van der Waals surface area contributed by atoms with Gasteiger partial charge in [-0.25, -0.2) is 0 Å². The van der Waals surface area contributed by atoms with Crippen molar-refractivity contribution >= 4 is 23.6 Å². The van der Waals surface area contributed by atoms with Gasteiger partial charge in [0.25, 0.3) is 0 Å². The van der Waals surface area contributed by atoms with Crippen molar-refractivity contribution in [2.75, 3.05) is 6.26 Å². The first-order chi connectivity index (χ1) is 7.65. The van der Waals surface area contributed by atoms with Crippen LogP contribution in [-0.4, -0.2) is 28.3 Å². The standard InChI is InChI=1S/C12H15NO2S/c1-6(16-2)13-11(14)9-7-3-4-8(5-7)10(9)12(13)15/h3-4,6-10H,5H2,1-2H3/t6?,7-,8+,9+,10-. The Morgan fingerprint density at radius 1 is 1.25 bits per heavy atom. The predicted molar refractivity (Wildman–Crippen MR) is 62.5 cm³/mol. The van der Waals surface area contributed by atoms with Crippen LogP contribution in [-0.2, 0) is 9.59 Å². The Morgan fingerprint density at radius 3 is 2.19 bits per heavy atom. The summed E-state index contributed by atoms with van der Waals surface area (Å²) >= 11 is 1.55. The lowest BCUT2D eigenvalue weighted by atomic mass is 9.85. The zero-order valence-electron chi connectivity index (χ0n) is 9.42. The average Bonchev–Trinajstić information content (AvgIpc) is 2.92. The van der Waals surface area contributed by atoms with Gasteiger partial charge in [-0.1, -0.05) is 12.2 Å². The fraction of sp³-hybridized carbons (Fsp3) is 0.667. The van der Waals surface area contributed by atoms with Gasteiger partial charge in [-0.05, 0) is 31.4 Å². The van der Waals surface area contributed by atoms with Crippen molar-refractivity contribution in [1.29, 1.82) is 0 Å². The first kappa shape index (κ1) is 10.4. The number of allylic oxidation sites excluding steroid dienone is 2. The van der Waals surface area contributed by atoms with Crippen LogP contribution in [0.1, 0.15) is 13.3 Å². The van der Waals surface area contributed by atoms with Crippen LogP contribution < -0.4 is 0 Å². The van der Waals surface area contributed by atoms with E-state index in [0.29, 0.717) is 11.8 Å². The highest BCUT2D eigenvalue weighted by atomic mass is 32.2. The van der Waals surface area contributed by atoms with E-state index in [0.717, 1.165) is 6.42 Å². The number of thioether (sulfide) groups is 1. The lowest BCUT2D eigenvalue weighted by Gasteiger charge is -2.22. The Morgan fingerprint density at radius 2 is 1.75 bits per heavy atom. The number of carbonyl (C=O) groups excluding carboxylic acids is 2. The zero-order valence-corrected chi connectivity index (χ0v) is 10.2. The third kappa shape index (κ3) is 1.11. The van der Waals surface area contributed by atoms with Gasteiger partial charge in [-0.2, -0.15) is 0 Å². The number of amides is 2. The van der Waals surface area contributed by atoms with Gasteiger partial charge in [0, 0.05) is 0 Å². The molecular formula is C12H15NO2S. The Hall–Kier alpha value is -0.770. The average molecular weight is 237 g/mol. The van der Waals surface area contributed by atoms with Crippen LogP contribution >= 0.6 is 11.8 Å². The maximum atomic E-state index is 12.2. The molecule has 3 aliphatic rings. The molecule has 0 aromatic rings. The summed E-state index contributed by atoms with van der Waals surface area (Å²) in [5.74, 6) is 0.688. The molecule has 0 N–H and O–H groups in total. The summed E-state index contributed by atoms with van der Waals surface area (Å²) in [6.07, 6.45) is 7.20. The summed E-state index contributed by atoms with van der Waals surface area (Å²) < 4.78 is 0. The van der Waals surface area contributed by atoms with Gasteiger partial charge in [0.05, 0.1) is 17.2 Å². The van der Waals surface area contributed by atoms with E-state index in [1.54, 1.807) is 11.8 Å². The second kappa shape index (κ2) is 3.36. The third-order valence-electron chi connectivity index (χ3n) is 4.21. The largest absolute Gasteiger partial charge is 0.274 e. The molecule has 0 spiro atoms. The Kier molecular flexibility index (Phi) is 2.18. The van der Waals surface area contributed by atoms with Gasteiger partial charge in [-0.15, -0.1) is 11.8 Å². The fourth-order valence-corrected chi connectivity index (χ4v) is 3.81. The van der Waals surface area contributed by atoms with Crippen LogP contribution in [0, 0.1) is 23.7 Å². The van der Waals surface area contributed by atoms with Gasteiger partial charge < -0.3 is 0 Å². The van der Waals surface area contributed by atoms with Gasteiger partial charge >= 0.3 is 0 Å². The van der Waals surface area contributed by atoms with Crippen LogP contribution in [0.5, 0.6) is 0 Å². The third-order valence-corrected chi connectivity index (χ3v) is 5.10. The molecule has 2 amide bonds. The van der Waals surface area contributed by atoms with Crippen LogP contribution in [0.3, 0.4) is 0 Å². The molecule has 2 bridgehead atoms. The Bertz CT molecular complexity index is 362. The van der Waals surface area contributed by atoms with Crippen molar-refractivity contribution < 1.29 is 9.59 Å². The van der Waals surface area contributed by atoms with Crippen LogP contribution in [0.25, 0.3) is 0 Å². The highest BCUT2D eigenvalue weighted by Gasteiger charge is 2.59. The quantitative estimate of drug-likeness (QED) is 0.539. The molecule has 1 saturated heterocycles. The number of imide groups is 1. The van der Waals surface area contributed by atoms with Gasteiger partial charge in [-0.3, -0.25) is 14.5 Å². The maximum Gasteiger partial charge on any atom is 0.234 e. The van der Waals surface area contributed by atoms with Gasteiger partial charge in [0.1, 0.15) is 0 Å². The second-order valence-electron chi connectivity index (χ2n) is 4.88. The highest BCUT2D eigenvalue weighted by molar-refractivity contribution is 7.99. The lowest BCUT2D eigenvalue weighted by molar-refractivity contribution is -0.141. The molecule has 4 heteroatoms. The number of rotatable bonds is 2. The number of carbonyl (C=O) groups is 2. The number of hydrogen-bond donors (Lipinski definition) is 0. The topological polar surface area (TPSA) is 37.4 Å². The van der Waals surface area contributed by atoms with Crippen molar-refractivity contribution in [3.63, 3.8) is 0 Å². The molecule has 3 rings (SSSR count). The molecule has 1 heterocycles. The molecule has 0 radical (unpaired) electrons. The van der Waals surface area contributed by atoms with Crippen molar-refractivity contribution in [3.8, 4) is 0 Å². The molecule has 3 nitrogen and oxygen atoms in total. The summed E-state index contributed by atoms with van der Waals surface area (Å²) in [6.45, 7) is 1.93.